The number of hydrogen-bond acceptors (Lipinski definition) is 3. The number of rotatable bonds is 2. The van der Waals surface area contributed by atoms with Gasteiger partial charge in [0.1, 0.15) is 0 Å². The minimum atomic E-state index is -0.659. The molecule has 16 heavy (non-hydrogen) atoms. The van der Waals surface area contributed by atoms with Crippen LogP contribution in [0.3, 0.4) is 0 Å². The van der Waals surface area contributed by atoms with Crippen LogP contribution in [0.15, 0.2) is 29.4 Å². The second-order valence-electron chi connectivity index (χ2n) is 3.38. The fourth-order valence-corrected chi connectivity index (χ4v) is 2.45. The second kappa shape index (κ2) is 4.32. The molecule has 3 N–H and O–H groups in total. The SMILES string of the molecule is Cc1cccc2cc(/C=N/NC(N)=O)sc12. The van der Waals surface area contributed by atoms with Crippen LogP contribution in [0.1, 0.15) is 10.4 Å². The van der Waals surface area contributed by atoms with Gasteiger partial charge in [0, 0.05) is 9.58 Å². The van der Waals surface area contributed by atoms with Crippen molar-refractivity contribution in [2.75, 3.05) is 0 Å². The molecule has 2 aromatic rings. The molecule has 0 atom stereocenters. The highest BCUT2D eigenvalue weighted by molar-refractivity contribution is 7.20. The van der Waals surface area contributed by atoms with Gasteiger partial charge in [-0.15, -0.1) is 11.3 Å². The van der Waals surface area contributed by atoms with Crippen LogP contribution in [0.2, 0.25) is 0 Å². The monoisotopic (exact) mass is 233 g/mol. The number of hydrazone groups is 1. The van der Waals surface area contributed by atoms with E-state index in [-0.39, 0.29) is 0 Å². The third kappa shape index (κ3) is 2.20. The third-order valence-corrected chi connectivity index (χ3v) is 3.35. The van der Waals surface area contributed by atoms with E-state index < -0.39 is 6.03 Å². The molecule has 5 heteroatoms. The molecule has 0 bridgehead atoms. The zero-order valence-electron chi connectivity index (χ0n) is 8.73. The van der Waals surface area contributed by atoms with Crippen molar-refractivity contribution in [2.45, 2.75) is 6.92 Å². The Balaban J connectivity index is 2.30. The standard InChI is InChI=1S/C11H11N3OS/c1-7-3-2-4-8-5-9(16-10(7)8)6-13-14-11(12)15/h2-6H,1H3,(H3,12,14,15)/b13-6+. The molecule has 1 aromatic carbocycles. The topological polar surface area (TPSA) is 67.5 Å². The number of urea groups is 1. The molecule has 1 heterocycles. The Kier molecular flexibility index (Phi) is 2.87. The molecule has 0 fully saturated rings. The van der Waals surface area contributed by atoms with Crippen LogP contribution in [0.5, 0.6) is 0 Å². The van der Waals surface area contributed by atoms with Crippen LogP contribution in [0.25, 0.3) is 10.1 Å². The minimum Gasteiger partial charge on any atom is -0.350 e. The van der Waals surface area contributed by atoms with Gasteiger partial charge in [-0.1, -0.05) is 18.2 Å². The van der Waals surface area contributed by atoms with Crippen molar-refractivity contribution < 1.29 is 4.79 Å². The van der Waals surface area contributed by atoms with Gasteiger partial charge < -0.3 is 5.73 Å². The first-order valence-electron chi connectivity index (χ1n) is 4.74. The highest BCUT2D eigenvalue weighted by Crippen LogP contribution is 2.27. The van der Waals surface area contributed by atoms with Crippen molar-refractivity contribution in [3.05, 3.63) is 34.7 Å². The van der Waals surface area contributed by atoms with E-state index in [1.807, 2.05) is 12.1 Å². The summed E-state index contributed by atoms with van der Waals surface area (Å²) in [6, 6.07) is 7.51. The molecule has 4 nitrogen and oxygen atoms in total. The Hall–Kier alpha value is -1.88. The first kappa shape index (κ1) is 10.6. The lowest BCUT2D eigenvalue weighted by atomic mass is 10.2. The molecule has 0 radical (unpaired) electrons. The van der Waals surface area contributed by atoms with Gasteiger partial charge in [0.15, 0.2) is 0 Å². The highest BCUT2D eigenvalue weighted by Gasteiger charge is 2.01. The van der Waals surface area contributed by atoms with Gasteiger partial charge in [-0.25, -0.2) is 10.2 Å². The fourth-order valence-electron chi connectivity index (χ4n) is 1.45. The first-order chi connectivity index (χ1) is 7.66. The molecule has 0 aliphatic rings. The smallest absolute Gasteiger partial charge is 0.332 e. The summed E-state index contributed by atoms with van der Waals surface area (Å²) in [5.74, 6) is 0. The molecule has 0 saturated carbocycles. The molecule has 0 unspecified atom stereocenters. The number of hydrogen-bond donors (Lipinski definition) is 2. The number of carbonyl (C=O) groups excluding carboxylic acids is 1. The number of nitrogens with one attached hydrogen (secondary N) is 1. The van der Waals surface area contributed by atoms with Crippen molar-refractivity contribution in [1.29, 1.82) is 0 Å². The lowest BCUT2D eigenvalue weighted by Crippen LogP contribution is -2.24. The summed E-state index contributed by atoms with van der Waals surface area (Å²) in [6.07, 6.45) is 1.59. The average molecular weight is 233 g/mol. The molecule has 82 valence electrons. The molecule has 2 amide bonds. The van der Waals surface area contributed by atoms with Crippen LogP contribution < -0.4 is 11.2 Å². The Bertz CT molecular complexity index is 559. The maximum atomic E-state index is 10.4. The van der Waals surface area contributed by atoms with Crippen LogP contribution in [-0.2, 0) is 0 Å². The van der Waals surface area contributed by atoms with E-state index in [2.05, 4.69) is 29.6 Å². The number of fused-ring (bicyclic) bond motifs is 1. The van der Waals surface area contributed by atoms with E-state index in [1.54, 1.807) is 17.6 Å². The van der Waals surface area contributed by atoms with Crippen LogP contribution >= 0.6 is 11.3 Å². The van der Waals surface area contributed by atoms with Crippen LogP contribution in [-0.4, -0.2) is 12.2 Å². The van der Waals surface area contributed by atoms with Crippen molar-refractivity contribution in [3.8, 4) is 0 Å². The summed E-state index contributed by atoms with van der Waals surface area (Å²) in [4.78, 5) is 11.4. The predicted molar refractivity (Wildman–Crippen MR) is 66.9 cm³/mol. The molecule has 1 aromatic heterocycles. The third-order valence-electron chi connectivity index (χ3n) is 2.13. The van der Waals surface area contributed by atoms with Gasteiger partial charge in [-0.3, -0.25) is 0 Å². The molecule has 0 spiro atoms. The summed E-state index contributed by atoms with van der Waals surface area (Å²) >= 11 is 1.63. The number of benzene rings is 1. The maximum absolute atomic E-state index is 10.4. The molecule has 2 rings (SSSR count). The van der Waals surface area contributed by atoms with E-state index in [0.29, 0.717) is 0 Å². The van der Waals surface area contributed by atoms with Crippen molar-refractivity contribution in [1.82, 2.24) is 5.43 Å². The summed E-state index contributed by atoms with van der Waals surface area (Å²) in [5.41, 5.74) is 8.30. The molecule has 0 saturated heterocycles. The van der Waals surface area contributed by atoms with Crippen molar-refractivity contribution in [2.24, 2.45) is 10.8 Å². The Morgan fingerprint density at radius 2 is 2.38 bits per heavy atom. The van der Waals surface area contributed by atoms with Crippen molar-refractivity contribution in [3.63, 3.8) is 0 Å². The normalized spacial score (nSPS) is 11.1. The summed E-state index contributed by atoms with van der Waals surface area (Å²) in [5, 5.41) is 4.91. The van der Waals surface area contributed by atoms with Gasteiger partial charge in [0.25, 0.3) is 0 Å². The van der Waals surface area contributed by atoms with Gasteiger partial charge in [-0.2, -0.15) is 5.10 Å². The quantitative estimate of drug-likeness (QED) is 0.606. The number of thiophene rings is 1. The van der Waals surface area contributed by atoms with Crippen molar-refractivity contribution >= 4 is 33.7 Å². The summed E-state index contributed by atoms with van der Waals surface area (Å²) < 4.78 is 1.24. The van der Waals surface area contributed by atoms with E-state index in [0.717, 1.165) is 4.88 Å². The number of primary amides is 1. The molecule has 0 aliphatic carbocycles. The number of nitrogens with zero attached hydrogens (tertiary/aromatic N) is 1. The van der Waals surface area contributed by atoms with Gasteiger partial charge in [0.05, 0.1) is 6.21 Å². The Labute approximate surface area is 96.8 Å². The molecular formula is C11H11N3OS. The Morgan fingerprint density at radius 1 is 1.56 bits per heavy atom. The average Bonchev–Trinajstić information content (AvgIpc) is 2.61. The fraction of sp³-hybridized carbons (Fsp3) is 0.0909. The molecular weight excluding hydrogens is 222 g/mol. The van der Waals surface area contributed by atoms with Gasteiger partial charge in [-0.05, 0) is 23.9 Å². The summed E-state index contributed by atoms with van der Waals surface area (Å²) in [6.45, 7) is 2.07. The minimum absolute atomic E-state index is 0.659. The Morgan fingerprint density at radius 3 is 3.06 bits per heavy atom. The van der Waals surface area contributed by atoms with E-state index >= 15 is 0 Å². The van der Waals surface area contributed by atoms with E-state index in [4.69, 9.17) is 5.73 Å². The van der Waals surface area contributed by atoms with Gasteiger partial charge >= 0.3 is 6.03 Å². The van der Waals surface area contributed by atoms with E-state index in [9.17, 15) is 4.79 Å². The number of carbonyl (C=O) groups is 1. The van der Waals surface area contributed by atoms with Crippen LogP contribution in [0, 0.1) is 6.92 Å². The molecule has 0 aliphatic heterocycles. The lowest BCUT2D eigenvalue weighted by molar-refractivity contribution is 0.249. The second-order valence-corrected chi connectivity index (χ2v) is 4.46. The van der Waals surface area contributed by atoms with E-state index in [1.165, 1.54) is 15.6 Å². The predicted octanol–water partition coefficient (Wildman–Crippen LogP) is 2.21. The summed E-state index contributed by atoms with van der Waals surface area (Å²) in [7, 11) is 0. The number of amides is 2. The largest absolute Gasteiger partial charge is 0.350 e. The number of aryl methyl sites for hydroxylation is 1. The zero-order chi connectivity index (χ0) is 11.5. The van der Waals surface area contributed by atoms with Gasteiger partial charge in [0.2, 0.25) is 0 Å². The first-order valence-corrected chi connectivity index (χ1v) is 5.56. The maximum Gasteiger partial charge on any atom is 0.332 e. The van der Waals surface area contributed by atoms with Crippen LogP contribution in [0.4, 0.5) is 4.79 Å². The number of nitrogens with two attached hydrogens (primary N) is 1. The lowest BCUT2D eigenvalue weighted by Gasteiger charge is -1.91. The highest BCUT2D eigenvalue weighted by atomic mass is 32.1. The zero-order valence-corrected chi connectivity index (χ0v) is 9.54.